The Morgan fingerprint density at radius 3 is 2.67 bits per heavy atom. The average Bonchev–Trinajstić information content (AvgIpc) is 2.30. The van der Waals surface area contributed by atoms with E-state index in [-0.39, 0.29) is 12.5 Å². The highest BCUT2D eigenvalue weighted by Gasteiger charge is 2.25. The molecule has 0 aromatic rings. The van der Waals surface area contributed by atoms with Gasteiger partial charge in [-0.25, -0.2) is 0 Å². The van der Waals surface area contributed by atoms with Gasteiger partial charge in [-0.1, -0.05) is 13.8 Å². The Labute approximate surface area is 92.4 Å². The Hall–Kier alpha value is -0.610. The lowest BCUT2D eigenvalue weighted by Crippen LogP contribution is -2.51. The van der Waals surface area contributed by atoms with Crippen LogP contribution in [0.15, 0.2) is 0 Å². The van der Waals surface area contributed by atoms with Crippen molar-refractivity contribution in [2.45, 2.75) is 32.7 Å². The first-order valence-corrected chi connectivity index (χ1v) is 5.94. The van der Waals surface area contributed by atoms with Crippen molar-refractivity contribution in [2.24, 2.45) is 5.73 Å². The van der Waals surface area contributed by atoms with Gasteiger partial charge in [-0.15, -0.1) is 0 Å². The Balaban J connectivity index is 2.51. The summed E-state index contributed by atoms with van der Waals surface area (Å²) in [5.41, 5.74) is 5.38. The van der Waals surface area contributed by atoms with Gasteiger partial charge in [-0.05, 0) is 25.9 Å². The molecule has 4 nitrogen and oxygen atoms in total. The van der Waals surface area contributed by atoms with E-state index in [1.807, 2.05) is 4.90 Å². The van der Waals surface area contributed by atoms with Crippen LogP contribution in [0.3, 0.4) is 0 Å². The lowest BCUT2D eigenvalue weighted by molar-refractivity contribution is -0.131. The van der Waals surface area contributed by atoms with Gasteiger partial charge in [0.05, 0.1) is 6.54 Å². The quantitative estimate of drug-likeness (QED) is 0.729. The van der Waals surface area contributed by atoms with Crippen LogP contribution < -0.4 is 5.73 Å². The molecule has 0 aromatic heterocycles. The van der Waals surface area contributed by atoms with Gasteiger partial charge in [0, 0.05) is 19.1 Å². The summed E-state index contributed by atoms with van der Waals surface area (Å²) >= 11 is 0. The Bertz CT molecular complexity index is 204. The number of nitrogens with zero attached hydrogens (tertiary/aromatic N) is 2. The first kappa shape index (κ1) is 12.5. The zero-order chi connectivity index (χ0) is 11.3. The van der Waals surface area contributed by atoms with Crippen LogP contribution in [0.2, 0.25) is 0 Å². The molecule has 1 heterocycles. The topological polar surface area (TPSA) is 49.6 Å². The highest BCUT2D eigenvalue weighted by molar-refractivity contribution is 5.78. The van der Waals surface area contributed by atoms with Gasteiger partial charge in [-0.3, -0.25) is 9.69 Å². The van der Waals surface area contributed by atoms with E-state index in [1.54, 1.807) is 0 Å². The van der Waals surface area contributed by atoms with Crippen molar-refractivity contribution in [1.29, 1.82) is 0 Å². The molecule has 0 saturated carbocycles. The summed E-state index contributed by atoms with van der Waals surface area (Å²) < 4.78 is 0. The lowest BCUT2D eigenvalue weighted by Gasteiger charge is -2.38. The van der Waals surface area contributed by atoms with Crippen molar-refractivity contribution < 1.29 is 4.79 Å². The standard InChI is InChI=1S/C11H23N3O/c1-3-13(4-2)10-6-5-7-14(9-10)11(15)8-12/h10H,3-9,12H2,1-2H3. The van der Waals surface area contributed by atoms with Crippen LogP contribution in [0.1, 0.15) is 26.7 Å². The van der Waals surface area contributed by atoms with E-state index in [1.165, 1.54) is 6.42 Å². The van der Waals surface area contributed by atoms with Crippen molar-refractivity contribution in [3.05, 3.63) is 0 Å². The van der Waals surface area contributed by atoms with Gasteiger partial charge in [0.25, 0.3) is 0 Å². The van der Waals surface area contributed by atoms with Crippen LogP contribution in [-0.2, 0) is 4.79 Å². The van der Waals surface area contributed by atoms with E-state index in [4.69, 9.17) is 5.73 Å². The van der Waals surface area contributed by atoms with Crippen molar-refractivity contribution in [1.82, 2.24) is 9.80 Å². The van der Waals surface area contributed by atoms with Gasteiger partial charge in [0.1, 0.15) is 0 Å². The molecule has 1 aliphatic heterocycles. The number of carbonyl (C=O) groups excluding carboxylic acids is 1. The summed E-state index contributed by atoms with van der Waals surface area (Å²) in [4.78, 5) is 15.8. The number of hydrogen-bond donors (Lipinski definition) is 1. The van der Waals surface area contributed by atoms with Crippen LogP contribution in [-0.4, -0.2) is 54.5 Å². The van der Waals surface area contributed by atoms with E-state index >= 15 is 0 Å². The van der Waals surface area contributed by atoms with Gasteiger partial charge in [-0.2, -0.15) is 0 Å². The molecule has 1 fully saturated rings. The number of amides is 1. The number of likely N-dealkylation sites (N-methyl/N-ethyl adjacent to an activating group) is 1. The lowest BCUT2D eigenvalue weighted by atomic mass is 10.0. The number of piperidine rings is 1. The number of likely N-dealkylation sites (tertiary alicyclic amines) is 1. The third-order valence-electron chi connectivity index (χ3n) is 3.25. The molecule has 0 bridgehead atoms. The molecule has 1 saturated heterocycles. The van der Waals surface area contributed by atoms with Crippen LogP contribution >= 0.6 is 0 Å². The van der Waals surface area contributed by atoms with E-state index in [0.29, 0.717) is 6.04 Å². The monoisotopic (exact) mass is 213 g/mol. The molecule has 1 rings (SSSR count). The maximum absolute atomic E-state index is 11.5. The summed E-state index contributed by atoms with van der Waals surface area (Å²) in [5, 5.41) is 0. The molecule has 0 spiro atoms. The smallest absolute Gasteiger partial charge is 0.236 e. The molecule has 1 unspecified atom stereocenters. The second kappa shape index (κ2) is 6.08. The van der Waals surface area contributed by atoms with E-state index in [2.05, 4.69) is 18.7 Å². The highest BCUT2D eigenvalue weighted by Crippen LogP contribution is 2.15. The number of nitrogens with two attached hydrogens (primary N) is 1. The van der Waals surface area contributed by atoms with Crippen molar-refractivity contribution >= 4 is 5.91 Å². The van der Waals surface area contributed by atoms with Crippen LogP contribution in [0, 0.1) is 0 Å². The molecular formula is C11H23N3O. The molecular weight excluding hydrogens is 190 g/mol. The zero-order valence-electron chi connectivity index (χ0n) is 9.91. The zero-order valence-corrected chi connectivity index (χ0v) is 9.91. The minimum atomic E-state index is 0.0897. The fourth-order valence-corrected chi connectivity index (χ4v) is 2.35. The molecule has 15 heavy (non-hydrogen) atoms. The maximum atomic E-state index is 11.5. The molecule has 0 aromatic carbocycles. The third kappa shape index (κ3) is 3.18. The minimum absolute atomic E-state index is 0.0897. The Morgan fingerprint density at radius 1 is 1.47 bits per heavy atom. The summed E-state index contributed by atoms with van der Waals surface area (Å²) in [5.74, 6) is 0.0897. The molecule has 1 amide bonds. The van der Waals surface area contributed by atoms with E-state index in [9.17, 15) is 4.79 Å². The molecule has 0 radical (unpaired) electrons. The maximum Gasteiger partial charge on any atom is 0.236 e. The van der Waals surface area contributed by atoms with Crippen molar-refractivity contribution in [3.8, 4) is 0 Å². The van der Waals surface area contributed by atoms with Crippen molar-refractivity contribution in [3.63, 3.8) is 0 Å². The predicted molar refractivity (Wildman–Crippen MR) is 61.6 cm³/mol. The predicted octanol–water partition coefficient (Wildman–Crippen LogP) is 0.278. The first-order chi connectivity index (χ1) is 7.22. The van der Waals surface area contributed by atoms with Gasteiger partial charge in [0.15, 0.2) is 0 Å². The minimum Gasteiger partial charge on any atom is -0.340 e. The molecule has 0 aliphatic carbocycles. The summed E-state index contributed by atoms with van der Waals surface area (Å²) in [6.07, 6.45) is 2.31. The molecule has 1 atom stereocenters. The molecule has 88 valence electrons. The second-order valence-corrected chi connectivity index (χ2v) is 4.06. The number of hydrogen-bond acceptors (Lipinski definition) is 3. The summed E-state index contributed by atoms with van der Waals surface area (Å²) in [7, 11) is 0. The van der Waals surface area contributed by atoms with Crippen LogP contribution in [0.25, 0.3) is 0 Å². The fraction of sp³-hybridized carbons (Fsp3) is 0.909. The van der Waals surface area contributed by atoms with Crippen LogP contribution in [0.5, 0.6) is 0 Å². The normalized spacial score (nSPS) is 22.1. The van der Waals surface area contributed by atoms with Gasteiger partial charge in [0.2, 0.25) is 5.91 Å². The van der Waals surface area contributed by atoms with E-state index < -0.39 is 0 Å². The van der Waals surface area contributed by atoms with E-state index in [0.717, 1.165) is 32.6 Å². The fourth-order valence-electron chi connectivity index (χ4n) is 2.35. The number of carbonyl (C=O) groups is 1. The Kier molecular flexibility index (Phi) is 5.05. The SMILES string of the molecule is CCN(CC)C1CCCN(C(=O)CN)C1. The summed E-state index contributed by atoms with van der Waals surface area (Å²) in [6, 6.07) is 0.532. The third-order valence-corrected chi connectivity index (χ3v) is 3.25. The largest absolute Gasteiger partial charge is 0.340 e. The Morgan fingerprint density at radius 2 is 2.13 bits per heavy atom. The van der Waals surface area contributed by atoms with Crippen LogP contribution in [0.4, 0.5) is 0 Å². The highest BCUT2D eigenvalue weighted by atomic mass is 16.2. The van der Waals surface area contributed by atoms with Gasteiger partial charge < -0.3 is 10.6 Å². The molecule has 1 aliphatic rings. The molecule has 2 N–H and O–H groups in total. The molecule has 4 heteroatoms. The average molecular weight is 213 g/mol. The first-order valence-electron chi connectivity index (χ1n) is 5.94. The summed E-state index contributed by atoms with van der Waals surface area (Å²) in [6.45, 7) is 8.36. The number of rotatable bonds is 4. The van der Waals surface area contributed by atoms with Crippen molar-refractivity contribution in [2.75, 3.05) is 32.7 Å². The van der Waals surface area contributed by atoms with Gasteiger partial charge >= 0.3 is 0 Å². The second-order valence-electron chi connectivity index (χ2n) is 4.06.